The van der Waals surface area contributed by atoms with Crippen LogP contribution in [0.1, 0.15) is 17.2 Å². The summed E-state index contributed by atoms with van der Waals surface area (Å²) in [5.41, 5.74) is 5.57. The number of imide groups is 1. The molecule has 0 radical (unpaired) electrons. The van der Waals surface area contributed by atoms with Crippen LogP contribution in [0.2, 0.25) is 0 Å². The first-order valence-corrected chi connectivity index (χ1v) is 10.3. The zero-order valence-corrected chi connectivity index (χ0v) is 17.0. The summed E-state index contributed by atoms with van der Waals surface area (Å²) in [7, 11) is 0. The second kappa shape index (κ2) is 7.99. The average Bonchev–Trinajstić information content (AvgIpc) is 3.31. The monoisotopic (exact) mass is 428 g/mol. The molecule has 0 aromatic heterocycles. The number of para-hydroxylation sites is 1. The Balaban J connectivity index is 1.53. The highest BCUT2D eigenvalue weighted by molar-refractivity contribution is 6.24. The van der Waals surface area contributed by atoms with Gasteiger partial charge >= 0.3 is 0 Å². The lowest BCUT2D eigenvalue weighted by Crippen LogP contribution is -2.45. The molecule has 0 saturated carbocycles. The van der Waals surface area contributed by atoms with Crippen LogP contribution in [-0.2, 0) is 16.1 Å². The van der Waals surface area contributed by atoms with Gasteiger partial charge in [0, 0.05) is 18.7 Å². The Morgan fingerprint density at radius 3 is 2.09 bits per heavy atom. The van der Waals surface area contributed by atoms with E-state index < -0.39 is 22.9 Å². The smallest absolute Gasteiger partial charge is 0.269 e. The van der Waals surface area contributed by atoms with E-state index in [-0.39, 0.29) is 17.5 Å². The fourth-order valence-electron chi connectivity index (χ4n) is 4.51. The fraction of sp³-hybridized carbons (Fsp3) is 0.167. The molecule has 0 spiro atoms. The van der Waals surface area contributed by atoms with E-state index in [1.165, 1.54) is 17.0 Å². The maximum atomic E-state index is 13.5. The van der Waals surface area contributed by atoms with Crippen LogP contribution < -0.4 is 10.3 Å². The Morgan fingerprint density at radius 2 is 1.47 bits per heavy atom. The summed E-state index contributed by atoms with van der Waals surface area (Å²) in [5.74, 6) is -1.20. The maximum Gasteiger partial charge on any atom is 0.269 e. The topological polar surface area (TPSA) is 95.8 Å². The number of nitro groups is 1. The van der Waals surface area contributed by atoms with E-state index in [1.807, 2.05) is 41.4 Å². The van der Waals surface area contributed by atoms with Crippen molar-refractivity contribution in [3.63, 3.8) is 0 Å². The van der Waals surface area contributed by atoms with Gasteiger partial charge in [-0.3, -0.25) is 19.7 Å². The van der Waals surface area contributed by atoms with Crippen LogP contribution in [0, 0.1) is 16.0 Å². The largest absolute Gasteiger partial charge is 0.274 e. The molecule has 3 atom stereocenters. The number of carbonyl (C=O) groups excluding carboxylic acids is 2. The number of hydrazine groups is 1. The van der Waals surface area contributed by atoms with E-state index in [1.54, 1.807) is 36.4 Å². The third-order valence-electron chi connectivity index (χ3n) is 5.99. The number of anilines is 1. The molecule has 2 aliphatic heterocycles. The van der Waals surface area contributed by atoms with Crippen LogP contribution in [0.5, 0.6) is 0 Å². The van der Waals surface area contributed by atoms with Gasteiger partial charge in [-0.25, -0.2) is 15.3 Å². The summed E-state index contributed by atoms with van der Waals surface area (Å²) < 4.78 is 0. The molecule has 2 amide bonds. The minimum absolute atomic E-state index is 0.0239. The van der Waals surface area contributed by atoms with Crippen molar-refractivity contribution in [3.05, 3.63) is 106 Å². The van der Waals surface area contributed by atoms with E-state index in [0.29, 0.717) is 12.2 Å². The summed E-state index contributed by atoms with van der Waals surface area (Å²) in [6.45, 7) is 0.438. The molecule has 3 aromatic carbocycles. The maximum absolute atomic E-state index is 13.5. The molecule has 1 N–H and O–H groups in total. The van der Waals surface area contributed by atoms with Crippen LogP contribution in [0.25, 0.3) is 0 Å². The van der Waals surface area contributed by atoms with Gasteiger partial charge in [0.15, 0.2) is 0 Å². The molecular formula is C24H20N4O4. The summed E-state index contributed by atoms with van der Waals surface area (Å²) in [5, 5.41) is 12.9. The highest BCUT2D eigenvalue weighted by Crippen LogP contribution is 2.42. The van der Waals surface area contributed by atoms with Gasteiger partial charge in [0.05, 0.1) is 22.6 Å². The SMILES string of the molecule is O=C1[C@@H]2[C@@H](c3ccc([N+](=O)[O-])cc3)NN(Cc3ccccc3)[C@H]2C(=O)N1c1ccccc1. The van der Waals surface area contributed by atoms with Gasteiger partial charge in [-0.15, -0.1) is 0 Å². The first-order valence-electron chi connectivity index (χ1n) is 10.3. The second-order valence-corrected chi connectivity index (χ2v) is 7.89. The van der Waals surface area contributed by atoms with Crippen LogP contribution in [0.3, 0.4) is 0 Å². The summed E-state index contributed by atoms with van der Waals surface area (Å²) >= 11 is 0. The molecule has 8 heteroatoms. The number of hydrogen-bond donors (Lipinski definition) is 1. The quantitative estimate of drug-likeness (QED) is 0.381. The van der Waals surface area contributed by atoms with E-state index in [2.05, 4.69) is 5.43 Å². The highest BCUT2D eigenvalue weighted by atomic mass is 16.6. The van der Waals surface area contributed by atoms with E-state index >= 15 is 0 Å². The Bertz CT molecular complexity index is 1170. The standard InChI is InChI=1S/C24H20N4O4/c29-23-20-21(17-11-13-19(14-12-17)28(31)32)25-26(15-16-7-3-1-4-8-16)22(20)24(30)27(23)18-9-5-2-6-10-18/h1-14,20-22,25H,15H2/t20-,21-,22-/m1/s1. The van der Waals surface area contributed by atoms with Gasteiger partial charge in [0.1, 0.15) is 6.04 Å². The predicted molar refractivity (Wildman–Crippen MR) is 117 cm³/mol. The zero-order chi connectivity index (χ0) is 22.2. The fourth-order valence-corrected chi connectivity index (χ4v) is 4.51. The van der Waals surface area contributed by atoms with Crippen molar-refractivity contribution in [1.29, 1.82) is 0 Å². The van der Waals surface area contributed by atoms with Crippen molar-refractivity contribution in [2.24, 2.45) is 5.92 Å². The number of amides is 2. The van der Waals surface area contributed by atoms with Gasteiger partial charge in [-0.2, -0.15) is 0 Å². The minimum atomic E-state index is -0.678. The summed E-state index contributed by atoms with van der Waals surface area (Å²) in [6, 6.07) is 23.6. The number of rotatable bonds is 5. The third kappa shape index (κ3) is 3.35. The van der Waals surface area contributed by atoms with Gasteiger partial charge in [-0.05, 0) is 23.3 Å². The molecule has 3 aromatic rings. The normalized spacial score (nSPS) is 22.9. The molecule has 5 rings (SSSR count). The Labute approximate surface area is 184 Å². The Hall–Kier alpha value is -3.88. The lowest BCUT2D eigenvalue weighted by atomic mass is 9.91. The van der Waals surface area contributed by atoms with E-state index in [0.717, 1.165) is 11.1 Å². The minimum Gasteiger partial charge on any atom is -0.274 e. The lowest BCUT2D eigenvalue weighted by molar-refractivity contribution is -0.384. The first kappa shape index (κ1) is 20.0. The van der Waals surface area contributed by atoms with Crippen LogP contribution in [0.4, 0.5) is 11.4 Å². The van der Waals surface area contributed by atoms with Crippen LogP contribution >= 0.6 is 0 Å². The molecule has 160 valence electrons. The Morgan fingerprint density at radius 1 is 0.844 bits per heavy atom. The molecular weight excluding hydrogens is 408 g/mol. The van der Waals surface area contributed by atoms with Crippen molar-refractivity contribution in [1.82, 2.24) is 10.4 Å². The molecule has 2 fully saturated rings. The predicted octanol–water partition coefficient (Wildman–Crippen LogP) is 3.21. The van der Waals surface area contributed by atoms with Crippen LogP contribution in [0.15, 0.2) is 84.9 Å². The molecule has 2 heterocycles. The van der Waals surface area contributed by atoms with Crippen molar-refractivity contribution >= 4 is 23.2 Å². The molecule has 0 bridgehead atoms. The van der Waals surface area contributed by atoms with E-state index in [4.69, 9.17) is 0 Å². The number of carbonyl (C=O) groups is 2. The number of non-ortho nitro benzene ring substituents is 1. The number of nitrogens with one attached hydrogen (secondary N) is 1. The number of fused-ring (bicyclic) bond motifs is 1. The van der Waals surface area contributed by atoms with Crippen molar-refractivity contribution in [2.75, 3.05) is 4.90 Å². The average molecular weight is 428 g/mol. The molecule has 2 saturated heterocycles. The van der Waals surface area contributed by atoms with Gasteiger partial charge in [-0.1, -0.05) is 60.7 Å². The molecule has 8 nitrogen and oxygen atoms in total. The first-order chi connectivity index (χ1) is 15.5. The highest BCUT2D eigenvalue weighted by Gasteiger charge is 2.58. The van der Waals surface area contributed by atoms with Gasteiger partial charge in [0.2, 0.25) is 5.91 Å². The zero-order valence-electron chi connectivity index (χ0n) is 17.0. The van der Waals surface area contributed by atoms with Crippen molar-refractivity contribution in [2.45, 2.75) is 18.6 Å². The molecule has 32 heavy (non-hydrogen) atoms. The summed E-state index contributed by atoms with van der Waals surface area (Å²) in [4.78, 5) is 38.8. The number of nitro benzene ring substituents is 1. The third-order valence-corrected chi connectivity index (χ3v) is 5.99. The number of hydrogen-bond acceptors (Lipinski definition) is 6. The Kier molecular flexibility index (Phi) is 5.01. The molecule has 0 unspecified atom stereocenters. The van der Waals surface area contributed by atoms with E-state index in [9.17, 15) is 19.7 Å². The number of benzene rings is 3. The summed E-state index contributed by atoms with van der Waals surface area (Å²) in [6.07, 6.45) is 0. The lowest BCUT2D eigenvalue weighted by Gasteiger charge is -2.25. The number of nitrogens with zero attached hydrogens (tertiary/aromatic N) is 3. The van der Waals surface area contributed by atoms with Crippen molar-refractivity contribution < 1.29 is 14.5 Å². The van der Waals surface area contributed by atoms with Crippen molar-refractivity contribution in [3.8, 4) is 0 Å². The van der Waals surface area contributed by atoms with Gasteiger partial charge < -0.3 is 0 Å². The molecule has 2 aliphatic rings. The molecule has 0 aliphatic carbocycles. The second-order valence-electron chi connectivity index (χ2n) is 7.89. The van der Waals surface area contributed by atoms with Crippen LogP contribution in [-0.4, -0.2) is 27.8 Å². The van der Waals surface area contributed by atoms with Gasteiger partial charge in [0.25, 0.3) is 11.6 Å².